The van der Waals surface area contributed by atoms with Crippen LogP contribution in [0, 0.1) is 5.41 Å². The monoisotopic (exact) mass is 257 g/mol. The lowest BCUT2D eigenvalue weighted by molar-refractivity contribution is 0.275. The fourth-order valence-corrected chi connectivity index (χ4v) is 2.85. The van der Waals surface area contributed by atoms with Crippen LogP contribution in [0.15, 0.2) is 36.9 Å². The van der Waals surface area contributed by atoms with Crippen LogP contribution in [0.5, 0.6) is 5.75 Å². The Kier molecular flexibility index (Phi) is 3.36. The molecule has 19 heavy (non-hydrogen) atoms. The smallest absolute Gasteiger partial charge is 0.122 e. The molecule has 0 saturated heterocycles. The third-order valence-corrected chi connectivity index (χ3v) is 4.38. The Labute approximate surface area is 115 Å². The summed E-state index contributed by atoms with van der Waals surface area (Å²) < 4.78 is 5.78. The SMILES string of the molecule is C=CC(C)(CNC1CC1)CC1COc2ccccc21. The van der Waals surface area contributed by atoms with Gasteiger partial charge in [0.25, 0.3) is 0 Å². The minimum absolute atomic E-state index is 0.147. The van der Waals surface area contributed by atoms with Gasteiger partial charge in [-0.05, 0) is 30.7 Å². The minimum atomic E-state index is 0.147. The van der Waals surface area contributed by atoms with E-state index in [0.717, 1.165) is 31.4 Å². The number of benzene rings is 1. The summed E-state index contributed by atoms with van der Waals surface area (Å²) in [6, 6.07) is 9.18. The lowest BCUT2D eigenvalue weighted by Gasteiger charge is -2.29. The number of hydrogen-bond acceptors (Lipinski definition) is 2. The van der Waals surface area contributed by atoms with Crippen molar-refractivity contribution in [2.45, 2.75) is 38.1 Å². The second kappa shape index (κ2) is 5.01. The second-order valence-corrected chi connectivity index (χ2v) is 6.26. The predicted octanol–water partition coefficient (Wildman–Crippen LogP) is 3.50. The van der Waals surface area contributed by atoms with E-state index in [1.54, 1.807) is 0 Å². The summed E-state index contributed by atoms with van der Waals surface area (Å²) in [7, 11) is 0. The van der Waals surface area contributed by atoms with Gasteiger partial charge in [0.15, 0.2) is 0 Å². The van der Waals surface area contributed by atoms with Gasteiger partial charge in [-0.3, -0.25) is 0 Å². The standard InChI is InChI=1S/C17H23NO/c1-3-17(2,12-18-14-8-9-14)10-13-11-19-16-7-5-4-6-15(13)16/h3-7,13-14,18H,1,8-12H2,2H3. The fraction of sp³-hybridized carbons (Fsp3) is 0.529. The molecule has 1 aromatic rings. The molecular formula is C17H23NO. The topological polar surface area (TPSA) is 21.3 Å². The normalized spacial score (nSPS) is 24.4. The Bertz CT molecular complexity index is 466. The quantitative estimate of drug-likeness (QED) is 0.788. The van der Waals surface area contributed by atoms with E-state index >= 15 is 0 Å². The molecular weight excluding hydrogens is 234 g/mol. The minimum Gasteiger partial charge on any atom is -0.493 e. The highest BCUT2D eigenvalue weighted by Gasteiger charge is 2.32. The molecule has 0 aromatic heterocycles. The number of fused-ring (bicyclic) bond motifs is 1. The highest BCUT2D eigenvalue weighted by Crippen LogP contribution is 2.41. The maximum atomic E-state index is 5.78. The molecule has 0 radical (unpaired) electrons. The predicted molar refractivity (Wildman–Crippen MR) is 78.6 cm³/mol. The van der Waals surface area contributed by atoms with Crippen molar-refractivity contribution < 1.29 is 4.74 Å². The largest absolute Gasteiger partial charge is 0.493 e. The Morgan fingerprint density at radius 1 is 1.42 bits per heavy atom. The molecule has 102 valence electrons. The zero-order valence-corrected chi connectivity index (χ0v) is 11.7. The molecule has 0 spiro atoms. The lowest BCUT2D eigenvalue weighted by atomic mass is 9.79. The molecule has 1 aromatic carbocycles. The number of para-hydroxylation sites is 1. The van der Waals surface area contributed by atoms with Crippen LogP contribution in [0.1, 0.15) is 37.7 Å². The number of hydrogen-bond donors (Lipinski definition) is 1. The Morgan fingerprint density at radius 3 is 2.95 bits per heavy atom. The van der Waals surface area contributed by atoms with Gasteiger partial charge in [-0.15, -0.1) is 6.58 Å². The molecule has 2 aliphatic rings. The third-order valence-electron chi connectivity index (χ3n) is 4.38. The van der Waals surface area contributed by atoms with Crippen molar-refractivity contribution in [2.24, 2.45) is 5.41 Å². The summed E-state index contributed by atoms with van der Waals surface area (Å²) in [5, 5.41) is 3.63. The first-order valence-corrected chi connectivity index (χ1v) is 7.29. The van der Waals surface area contributed by atoms with Crippen LogP contribution in [-0.4, -0.2) is 19.2 Å². The number of nitrogens with one attached hydrogen (secondary N) is 1. The van der Waals surface area contributed by atoms with E-state index in [1.807, 2.05) is 6.07 Å². The van der Waals surface area contributed by atoms with Crippen LogP contribution in [-0.2, 0) is 0 Å². The zero-order valence-electron chi connectivity index (χ0n) is 11.7. The average Bonchev–Trinajstić information content (AvgIpc) is 3.19. The lowest BCUT2D eigenvalue weighted by Crippen LogP contribution is -2.33. The maximum Gasteiger partial charge on any atom is 0.122 e. The second-order valence-electron chi connectivity index (χ2n) is 6.26. The van der Waals surface area contributed by atoms with Crippen LogP contribution < -0.4 is 10.1 Å². The van der Waals surface area contributed by atoms with Crippen molar-refractivity contribution in [3.8, 4) is 5.75 Å². The van der Waals surface area contributed by atoms with E-state index in [0.29, 0.717) is 5.92 Å². The highest BCUT2D eigenvalue weighted by atomic mass is 16.5. The first kappa shape index (κ1) is 12.7. The Hall–Kier alpha value is -1.28. The molecule has 1 heterocycles. The number of ether oxygens (including phenoxy) is 1. The van der Waals surface area contributed by atoms with Gasteiger partial charge in [0.2, 0.25) is 0 Å². The molecule has 3 rings (SSSR count). The van der Waals surface area contributed by atoms with Gasteiger partial charge in [0.05, 0.1) is 6.61 Å². The van der Waals surface area contributed by atoms with Gasteiger partial charge in [-0.25, -0.2) is 0 Å². The fourth-order valence-electron chi connectivity index (χ4n) is 2.85. The maximum absolute atomic E-state index is 5.78. The zero-order chi connectivity index (χ0) is 13.3. The van der Waals surface area contributed by atoms with Gasteiger partial charge >= 0.3 is 0 Å². The van der Waals surface area contributed by atoms with Gasteiger partial charge in [0, 0.05) is 24.1 Å². The van der Waals surface area contributed by atoms with Crippen molar-refractivity contribution in [3.05, 3.63) is 42.5 Å². The van der Waals surface area contributed by atoms with E-state index in [1.165, 1.54) is 18.4 Å². The van der Waals surface area contributed by atoms with E-state index in [2.05, 4.69) is 43.1 Å². The molecule has 1 aliphatic heterocycles. The summed E-state index contributed by atoms with van der Waals surface area (Å²) in [6.45, 7) is 8.19. The summed E-state index contributed by atoms with van der Waals surface area (Å²) in [4.78, 5) is 0. The molecule has 1 fully saturated rings. The van der Waals surface area contributed by atoms with E-state index < -0.39 is 0 Å². The van der Waals surface area contributed by atoms with Gasteiger partial charge in [-0.2, -0.15) is 0 Å². The van der Waals surface area contributed by atoms with Crippen molar-refractivity contribution in [2.75, 3.05) is 13.2 Å². The van der Waals surface area contributed by atoms with E-state index in [4.69, 9.17) is 4.74 Å². The molecule has 0 bridgehead atoms. The van der Waals surface area contributed by atoms with Crippen LogP contribution in [0.25, 0.3) is 0 Å². The Morgan fingerprint density at radius 2 is 2.21 bits per heavy atom. The van der Waals surface area contributed by atoms with Crippen LogP contribution in [0.4, 0.5) is 0 Å². The summed E-state index contributed by atoms with van der Waals surface area (Å²) in [5.41, 5.74) is 1.51. The highest BCUT2D eigenvalue weighted by molar-refractivity contribution is 5.39. The van der Waals surface area contributed by atoms with E-state index in [9.17, 15) is 0 Å². The van der Waals surface area contributed by atoms with Crippen molar-refractivity contribution in [1.29, 1.82) is 0 Å². The van der Waals surface area contributed by atoms with Crippen molar-refractivity contribution in [3.63, 3.8) is 0 Å². The van der Waals surface area contributed by atoms with Crippen LogP contribution >= 0.6 is 0 Å². The van der Waals surface area contributed by atoms with Crippen LogP contribution in [0.3, 0.4) is 0 Å². The molecule has 0 amide bonds. The first-order chi connectivity index (χ1) is 9.20. The third kappa shape index (κ3) is 2.84. The van der Waals surface area contributed by atoms with Gasteiger partial charge < -0.3 is 10.1 Å². The average molecular weight is 257 g/mol. The summed E-state index contributed by atoms with van der Waals surface area (Å²) >= 11 is 0. The van der Waals surface area contributed by atoms with Gasteiger partial charge in [0.1, 0.15) is 5.75 Å². The molecule has 2 heteroatoms. The summed E-state index contributed by atoms with van der Waals surface area (Å²) in [5.74, 6) is 1.56. The number of rotatable bonds is 6. The van der Waals surface area contributed by atoms with E-state index in [-0.39, 0.29) is 5.41 Å². The van der Waals surface area contributed by atoms with Crippen molar-refractivity contribution >= 4 is 0 Å². The molecule has 2 nitrogen and oxygen atoms in total. The summed E-state index contributed by atoms with van der Waals surface area (Å²) in [6.07, 6.45) is 5.89. The molecule has 1 aliphatic carbocycles. The van der Waals surface area contributed by atoms with Crippen molar-refractivity contribution in [1.82, 2.24) is 5.32 Å². The van der Waals surface area contributed by atoms with Crippen LogP contribution in [0.2, 0.25) is 0 Å². The molecule has 2 atom stereocenters. The Balaban J connectivity index is 1.67. The molecule has 1 saturated carbocycles. The molecule has 2 unspecified atom stereocenters. The van der Waals surface area contributed by atoms with Gasteiger partial charge in [-0.1, -0.05) is 31.2 Å². The molecule has 1 N–H and O–H groups in total. The first-order valence-electron chi connectivity index (χ1n) is 7.29.